The molecule has 0 aliphatic rings. The second-order valence-corrected chi connectivity index (χ2v) is 5.23. The van der Waals surface area contributed by atoms with E-state index in [4.69, 9.17) is 0 Å². The fraction of sp³-hybridized carbons (Fsp3) is 0.200. The van der Waals surface area contributed by atoms with Crippen LogP contribution in [0.5, 0.6) is 5.75 Å². The third kappa shape index (κ3) is 3.33. The van der Waals surface area contributed by atoms with Crippen molar-refractivity contribution in [1.82, 2.24) is 5.32 Å². The molecule has 0 fully saturated rings. The molecule has 0 amide bonds. The quantitative estimate of drug-likeness (QED) is 0.886. The summed E-state index contributed by atoms with van der Waals surface area (Å²) in [5, 5.41) is 13.1. The van der Waals surface area contributed by atoms with Crippen molar-refractivity contribution in [3.05, 3.63) is 63.9 Å². The number of phenolic OH excluding ortho intramolecular Hbond substituents is 1. The number of nitrogens with one attached hydrogen (secondary N) is 1. The SMILES string of the molecule is CC(NCc1cccc(Br)c1O)c1ccccc1F. The van der Waals surface area contributed by atoms with E-state index in [-0.39, 0.29) is 17.6 Å². The molecular weight excluding hydrogens is 309 g/mol. The molecule has 4 heteroatoms. The van der Waals surface area contributed by atoms with E-state index in [0.29, 0.717) is 16.6 Å². The van der Waals surface area contributed by atoms with Gasteiger partial charge in [-0.2, -0.15) is 0 Å². The minimum Gasteiger partial charge on any atom is -0.506 e. The lowest BCUT2D eigenvalue weighted by molar-refractivity contribution is 0.455. The Hall–Kier alpha value is -1.39. The van der Waals surface area contributed by atoms with Crippen LogP contribution < -0.4 is 5.32 Å². The standard InChI is InChI=1S/C15H15BrFNO/c1-10(12-6-2-3-8-14(12)17)18-9-11-5-4-7-13(16)15(11)19/h2-8,10,18-19H,9H2,1H3. The van der Waals surface area contributed by atoms with E-state index in [2.05, 4.69) is 21.2 Å². The molecule has 0 aromatic heterocycles. The maximum absolute atomic E-state index is 13.6. The Labute approximate surface area is 120 Å². The van der Waals surface area contributed by atoms with Crippen LogP contribution in [-0.2, 0) is 6.54 Å². The molecule has 1 unspecified atom stereocenters. The first-order valence-corrected chi connectivity index (χ1v) is 6.83. The lowest BCUT2D eigenvalue weighted by Crippen LogP contribution is -2.19. The molecule has 2 nitrogen and oxygen atoms in total. The highest BCUT2D eigenvalue weighted by atomic mass is 79.9. The summed E-state index contributed by atoms with van der Waals surface area (Å²) in [6.45, 7) is 2.37. The fourth-order valence-electron chi connectivity index (χ4n) is 1.90. The molecule has 2 aromatic rings. The molecular formula is C15H15BrFNO. The summed E-state index contributed by atoms with van der Waals surface area (Å²) in [6, 6.07) is 12.0. The highest BCUT2D eigenvalue weighted by molar-refractivity contribution is 9.10. The van der Waals surface area contributed by atoms with Crippen LogP contribution >= 0.6 is 15.9 Å². The monoisotopic (exact) mass is 323 g/mol. The predicted octanol–water partition coefficient (Wildman–Crippen LogP) is 4.14. The molecule has 2 N–H and O–H groups in total. The number of benzene rings is 2. The van der Waals surface area contributed by atoms with Crippen molar-refractivity contribution in [2.24, 2.45) is 0 Å². The Morgan fingerprint density at radius 2 is 1.95 bits per heavy atom. The van der Waals surface area contributed by atoms with Crippen LogP contribution in [0, 0.1) is 5.82 Å². The maximum Gasteiger partial charge on any atom is 0.134 e. The number of para-hydroxylation sites is 1. The summed E-state index contributed by atoms with van der Waals surface area (Å²) in [5.74, 6) is -0.00306. The van der Waals surface area contributed by atoms with Crippen LogP contribution in [0.1, 0.15) is 24.1 Å². The first kappa shape index (κ1) is 14.0. The summed E-state index contributed by atoms with van der Waals surface area (Å²) < 4.78 is 14.3. The van der Waals surface area contributed by atoms with E-state index >= 15 is 0 Å². The minimum atomic E-state index is -0.221. The molecule has 0 heterocycles. The van der Waals surface area contributed by atoms with Gasteiger partial charge in [-0.1, -0.05) is 30.3 Å². The molecule has 19 heavy (non-hydrogen) atoms. The van der Waals surface area contributed by atoms with E-state index in [0.717, 1.165) is 5.56 Å². The van der Waals surface area contributed by atoms with Gasteiger partial charge in [0.15, 0.2) is 0 Å². The largest absolute Gasteiger partial charge is 0.506 e. The molecule has 0 radical (unpaired) electrons. The summed E-state index contributed by atoms with van der Waals surface area (Å²) in [6.07, 6.45) is 0. The van der Waals surface area contributed by atoms with Crippen molar-refractivity contribution in [2.45, 2.75) is 19.5 Å². The minimum absolute atomic E-state index is 0.125. The molecule has 2 rings (SSSR count). The van der Waals surface area contributed by atoms with Crippen molar-refractivity contribution >= 4 is 15.9 Å². The van der Waals surface area contributed by atoms with E-state index in [1.54, 1.807) is 18.2 Å². The first-order valence-electron chi connectivity index (χ1n) is 6.03. The van der Waals surface area contributed by atoms with Gasteiger partial charge in [-0.05, 0) is 35.0 Å². The van der Waals surface area contributed by atoms with Gasteiger partial charge in [0.2, 0.25) is 0 Å². The summed E-state index contributed by atoms with van der Waals surface area (Å²) in [7, 11) is 0. The molecule has 0 saturated heterocycles. The Kier molecular flexibility index (Phi) is 4.56. The van der Waals surface area contributed by atoms with Gasteiger partial charge < -0.3 is 10.4 Å². The van der Waals surface area contributed by atoms with Crippen molar-refractivity contribution in [3.63, 3.8) is 0 Å². The normalized spacial score (nSPS) is 12.4. The smallest absolute Gasteiger partial charge is 0.134 e. The zero-order valence-electron chi connectivity index (χ0n) is 10.5. The van der Waals surface area contributed by atoms with E-state index < -0.39 is 0 Å². The predicted molar refractivity (Wildman–Crippen MR) is 77.5 cm³/mol. The molecule has 1 atom stereocenters. The third-order valence-electron chi connectivity index (χ3n) is 3.04. The van der Waals surface area contributed by atoms with Crippen molar-refractivity contribution < 1.29 is 9.50 Å². The lowest BCUT2D eigenvalue weighted by Gasteiger charge is -2.15. The number of phenols is 1. The fourth-order valence-corrected chi connectivity index (χ4v) is 2.31. The van der Waals surface area contributed by atoms with E-state index in [1.807, 2.05) is 25.1 Å². The van der Waals surface area contributed by atoms with Gasteiger partial charge in [0.25, 0.3) is 0 Å². The molecule has 2 aromatic carbocycles. The lowest BCUT2D eigenvalue weighted by atomic mass is 10.1. The molecule has 0 aliphatic heterocycles. The summed E-state index contributed by atoms with van der Waals surface area (Å²) in [5.41, 5.74) is 1.40. The summed E-state index contributed by atoms with van der Waals surface area (Å²) >= 11 is 3.27. The number of hydrogen-bond donors (Lipinski definition) is 2. The third-order valence-corrected chi connectivity index (χ3v) is 3.68. The van der Waals surface area contributed by atoms with Crippen LogP contribution in [0.15, 0.2) is 46.9 Å². The molecule has 100 valence electrons. The number of hydrogen-bond acceptors (Lipinski definition) is 2. The zero-order chi connectivity index (χ0) is 13.8. The van der Waals surface area contributed by atoms with Gasteiger partial charge >= 0.3 is 0 Å². The molecule has 0 bridgehead atoms. The van der Waals surface area contributed by atoms with Gasteiger partial charge in [-0.15, -0.1) is 0 Å². The van der Waals surface area contributed by atoms with Gasteiger partial charge in [-0.3, -0.25) is 0 Å². The van der Waals surface area contributed by atoms with Gasteiger partial charge in [-0.25, -0.2) is 4.39 Å². The van der Waals surface area contributed by atoms with Crippen LogP contribution in [0.4, 0.5) is 4.39 Å². The van der Waals surface area contributed by atoms with Gasteiger partial charge in [0, 0.05) is 23.7 Å². The maximum atomic E-state index is 13.6. The Morgan fingerprint density at radius 1 is 1.21 bits per heavy atom. The van der Waals surface area contributed by atoms with Crippen molar-refractivity contribution in [1.29, 1.82) is 0 Å². The topological polar surface area (TPSA) is 32.3 Å². The van der Waals surface area contributed by atoms with Gasteiger partial charge in [0.05, 0.1) is 4.47 Å². The Balaban J connectivity index is 2.07. The average molecular weight is 324 g/mol. The number of aromatic hydroxyl groups is 1. The number of halogens is 2. The number of rotatable bonds is 4. The van der Waals surface area contributed by atoms with E-state index in [9.17, 15) is 9.50 Å². The second kappa shape index (κ2) is 6.17. The highest BCUT2D eigenvalue weighted by Gasteiger charge is 2.11. The molecule has 0 saturated carbocycles. The highest BCUT2D eigenvalue weighted by Crippen LogP contribution is 2.27. The van der Waals surface area contributed by atoms with E-state index in [1.165, 1.54) is 6.07 Å². The first-order chi connectivity index (χ1) is 9.09. The van der Waals surface area contributed by atoms with Gasteiger partial charge in [0.1, 0.15) is 11.6 Å². The van der Waals surface area contributed by atoms with Crippen LogP contribution in [0.3, 0.4) is 0 Å². The van der Waals surface area contributed by atoms with Crippen LogP contribution in [-0.4, -0.2) is 5.11 Å². The average Bonchev–Trinajstić information content (AvgIpc) is 2.40. The van der Waals surface area contributed by atoms with Crippen molar-refractivity contribution in [3.8, 4) is 5.75 Å². The Morgan fingerprint density at radius 3 is 2.68 bits per heavy atom. The van der Waals surface area contributed by atoms with Crippen LogP contribution in [0.2, 0.25) is 0 Å². The molecule has 0 aliphatic carbocycles. The molecule has 0 spiro atoms. The zero-order valence-corrected chi connectivity index (χ0v) is 12.1. The second-order valence-electron chi connectivity index (χ2n) is 4.37. The van der Waals surface area contributed by atoms with Crippen molar-refractivity contribution in [2.75, 3.05) is 0 Å². The summed E-state index contributed by atoms with van der Waals surface area (Å²) in [4.78, 5) is 0. The van der Waals surface area contributed by atoms with Crippen LogP contribution in [0.25, 0.3) is 0 Å². The Bertz CT molecular complexity index is 574.